The molecule has 0 saturated carbocycles. The van der Waals surface area contributed by atoms with Crippen molar-refractivity contribution in [1.29, 1.82) is 0 Å². The van der Waals surface area contributed by atoms with E-state index >= 15 is 0 Å². The highest BCUT2D eigenvalue weighted by Crippen LogP contribution is 2.21. The van der Waals surface area contributed by atoms with E-state index in [9.17, 15) is 4.79 Å². The normalized spacial score (nSPS) is 17.6. The molecule has 1 aliphatic heterocycles. The fourth-order valence-electron chi connectivity index (χ4n) is 2.07. The average molecular weight is 238 g/mol. The molecule has 2 heterocycles. The molecule has 0 aromatic carbocycles. The number of nitrogens with zero attached hydrogens (tertiary/aromatic N) is 1. The highest BCUT2D eigenvalue weighted by molar-refractivity contribution is 7.12. The van der Waals surface area contributed by atoms with Gasteiger partial charge in [0.1, 0.15) is 0 Å². The van der Waals surface area contributed by atoms with Gasteiger partial charge in [-0.15, -0.1) is 11.3 Å². The molecule has 4 heteroatoms. The summed E-state index contributed by atoms with van der Waals surface area (Å²) in [5.41, 5.74) is 0.918. The summed E-state index contributed by atoms with van der Waals surface area (Å²) in [6.45, 7) is 8.60. The zero-order valence-electron chi connectivity index (χ0n) is 9.88. The second-order valence-corrected chi connectivity index (χ2v) is 5.74. The Morgan fingerprint density at radius 1 is 1.44 bits per heavy atom. The third-order valence-electron chi connectivity index (χ3n) is 2.92. The summed E-state index contributed by atoms with van der Waals surface area (Å²) < 4.78 is 0. The van der Waals surface area contributed by atoms with Gasteiger partial charge in [-0.1, -0.05) is 0 Å². The lowest BCUT2D eigenvalue weighted by molar-refractivity contribution is 0.0921. The SMILES string of the molecule is Cc1cc(C(=O)CN2CCNCC2)c(C)s1. The van der Waals surface area contributed by atoms with Crippen molar-refractivity contribution in [3.8, 4) is 0 Å². The van der Waals surface area contributed by atoms with Gasteiger partial charge in [0.05, 0.1) is 6.54 Å². The third-order valence-corrected chi connectivity index (χ3v) is 3.88. The molecule has 3 nitrogen and oxygen atoms in total. The maximum atomic E-state index is 12.1. The molecule has 0 atom stereocenters. The van der Waals surface area contributed by atoms with Crippen molar-refractivity contribution in [3.05, 3.63) is 21.4 Å². The largest absolute Gasteiger partial charge is 0.314 e. The number of carbonyl (C=O) groups is 1. The average Bonchev–Trinajstić information content (AvgIpc) is 2.59. The van der Waals surface area contributed by atoms with Crippen molar-refractivity contribution in [2.75, 3.05) is 32.7 Å². The van der Waals surface area contributed by atoms with Gasteiger partial charge in [-0.05, 0) is 19.9 Å². The molecule has 1 aliphatic rings. The Kier molecular flexibility index (Phi) is 3.74. The van der Waals surface area contributed by atoms with Gasteiger partial charge < -0.3 is 5.32 Å². The van der Waals surface area contributed by atoms with Crippen LogP contribution in [-0.2, 0) is 0 Å². The number of carbonyl (C=O) groups excluding carboxylic acids is 1. The van der Waals surface area contributed by atoms with Crippen molar-refractivity contribution in [1.82, 2.24) is 10.2 Å². The van der Waals surface area contributed by atoms with Gasteiger partial charge in [0.25, 0.3) is 0 Å². The lowest BCUT2D eigenvalue weighted by atomic mass is 10.1. The fourth-order valence-corrected chi connectivity index (χ4v) is 3.01. The lowest BCUT2D eigenvalue weighted by Crippen LogP contribution is -2.45. The molecule has 0 bridgehead atoms. The van der Waals surface area contributed by atoms with E-state index in [0.717, 1.165) is 36.6 Å². The molecule has 1 saturated heterocycles. The zero-order chi connectivity index (χ0) is 11.5. The number of hydrogen-bond acceptors (Lipinski definition) is 4. The molecule has 1 aromatic rings. The maximum absolute atomic E-state index is 12.1. The van der Waals surface area contributed by atoms with Crippen LogP contribution in [0.5, 0.6) is 0 Å². The smallest absolute Gasteiger partial charge is 0.177 e. The quantitative estimate of drug-likeness (QED) is 0.809. The monoisotopic (exact) mass is 238 g/mol. The summed E-state index contributed by atoms with van der Waals surface area (Å²) >= 11 is 1.71. The minimum absolute atomic E-state index is 0.267. The molecule has 1 fully saturated rings. The van der Waals surface area contributed by atoms with Crippen LogP contribution in [0.15, 0.2) is 6.07 Å². The minimum atomic E-state index is 0.267. The number of rotatable bonds is 3. The zero-order valence-corrected chi connectivity index (χ0v) is 10.7. The molecule has 1 N–H and O–H groups in total. The van der Waals surface area contributed by atoms with Gasteiger partial charge in [-0.2, -0.15) is 0 Å². The van der Waals surface area contributed by atoms with Gasteiger partial charge >= 0.3 is 0 Å². The van der Waals surface area contributed by atoms with E-state index in [4.69, 9.17) is 0 Å². The van der Waals surface area contributed by atoms with E-state index in [1.807, 2.05) is 13.0 Å². The van der Waals surface area contributed by atoms with Crippen molar-refractivity contribution in [3.63, 3.8) is 0 Å². The number of Topliss-reactive ketones (excluding diaryl/α,β-unsaturated/α-hetero) is 1. The summed E-state index contributed by atoms with van der Waals surface area (Å²) in [6, 6.07) is 2.02. The highest BCUT2D eigenvalue weighted by Gasteiger charge is 2.17. The van der Waals surface area contributed by atoms with E-state index < -0.39 is 0 Å². The molecule has 0 radical (unpaired) electrons. The molecule has 0 spiro atoms. The molecule has 88 valence electrons. The molecule has 2 rings (SSSR count). The maximum Gasteiger partial charge on any atom is 0.177 e. The second-order valence-electron chi connectivity index (χ2n) is 4.28. The van der Waals surface area contributed by atoms with Crippen molar-refractivity contribution >= 4 is 17.1 Å². The molecule has 0 aliphatic carbocycles. The van der Waals surface area contributed by atoms with Gasteiger partial charge in [0.2, 0.25) is 0 Å². The van der Waals surface area contributed by atoms with Crippen LogP contribution in [0.3, 0.4) is 0 Å². The molecule has 0 amide bonds. The number of ketones is 1. The van der Waals surface area contributed by atoms with Crippen LogP contribution in [0.2, 0.25) is 0 Å². The van der Waals surface area contributed by atoms with Crippen LogP contribution in [0.1, 0.15) is 20.1 Å². The molecule has 16 heavy (non-hydrogen) atoms. The second kappa shape index (κ2) is 5.08. The predicted molar refractivity (Wildman–Crippen MR) is 67.4 cm³/mol. The lowest BCUT2D eigenvalue weighted by Gasteiger charge is -2.26. The molecular formula is C12H18N2OS. The number of hydrogen-bond donors (Lipinski definition) is 1. The predicted octanol–water partition coefficient (Wildman–Crippen LogP) is 1.45. The summed E-state index contributed by atoms with van der Waals surface area (Å²) in [4.78, 5) is 16.7. The summed E-state index contributed by atoms with van der Waals surface area (Å²) in [5, 5.41) is 3.29. The van der Waals surface area contributed by atoms with Crippen LogP contribution in [-0.4, -0.2) is 43.4 Å². The Bertz CT molecular complexity index is 380. The molecule has 0 unspecified atom stereocenters. The highest BCUT2D eigenvalue weighted by atomic mass is 32.1. The van der Waals surface area contributed by atoms with Gasteiger partial charge in [-0.3, -0.25) is 9.69 Å². The van der Waals surface area contributed by atoms with E-state index in [0.29, 0.717) is 6.54 Å². The number of thiophene rings is 1. The van der Waals surface area contributed by atoms with Crippen LogP contribution in [0.25, 0.3) is 0 Å². The van der Waals surface area contributed by atoms with Gasteiger partial charge in [-0.25, -0.2) is 0 Å². The fraction of sp³-hybridized carbons (Fsp3) is 0.583. The summed E-state index contributed by atoms with van der Waals surface area (Å²) in [6.07, 6.45) is 0. The first-order chi connectivity index (χ1) is 7.66. The third kappa shape index (κ3) is 2.70. The Morgan fingerprint density at radius 3 is 2.69 bits per heavy atom. The van der Waals surface area contributed by atoms with Crippen molar-refractivity contribution in [2.24, 2.45) is 0 Å². The molecular weight excluding hydrogens is 220 g/mol. The Hall–Kier alpha value is -0.710. The Balaban J connectivity index is 1.99. The van der Waals surface area contributed by atoms with E-state index in [-0.39, 0.29) is 5.78 Å². The van der Waals surface area contributed by atoms with Gasteiger partial charge in [0, 0.05) is 41.5 Å². The number of aryl methyl sites for hydroxylation is 2. The number of nitrogens with one attached hydrogen (secondary N) is 1. The Morgan fingerprint density at radius 2 is 2.12 bits per heavy atom. The Labute approximate surface area is 100 Å². The summed E-state index contributed by atoms with van der Waals surface area (Å²) in [7, 11) is 0. The first-order valence-corrected chi connectivity index (χ1v) is 6.52. The first kappa shape index (κ1) is 11.8. The van der Waals surface area contributed by atoms with E-state index in [2.05, 4.69) is 17.1 Å². The molecule has 1 aromatic heterocycles. The van der Waals surface area contributed by atoms with Gasteiger partial charge in [0.15, 0.2) is 5.78 Å². The summed E-state index contributed by atoms with van der Waals surface area (Å²) in [5.74, 6) is 0.267. The van der Waals surface area contributed by atoms with Crippen LogP contribution >= 0.6 is 11.3 Å². The first-order valence-electron chi connectivity index (χ1n) is 5.70. The standard InChI is InChI=1S/C12H18N2OS/c1-9-7-11(10(2)16-9)12(15)8-14-5-3-13-4-6-14/h7,13H,3-6,8H2,1-2H3. The van der Waals surface area contributed by atoms with E-state index in [1.165, 1.54) is 4.88 Å². The topological polar surface area (TPSA) is 32.3 Å². The van der Waals surface area contributed by atoms with E-state index in [1.54, 1.807) is 11.3 Å². The van der Waals surface area contributed by atoms with Crippen molar-refractivity contribution in [2.45, 2.75) is 13.8 Å². The number of piperazine rings is 1. The van der Waals surface area contributed by atoms with Crippen LogP contribution < -0.4 is 5.32 Å². The van der Waals surface area contributed by atoms with Crippen LogP contribution in [0, 0.1) is 13.8 Å². The van der Waals surface area contributed by atoms with Crippen molar-refractivity contribution < 1.29 is 4.79 Å². The van der Waals surface area contributed by atoms with Crippen LogP contribution in [0.4, 0.5) is 0 Å². The minimum Gasteiger partial charge on any atom is -0.314 e.